The number of nitriles is 1. The van der Waals surface area contributed by atoms with E-state index in [-0.39, 0.29) is 33.5 Å². The Morgan fingerprint density at radius 3 is 2.45 bits per heavy atom. The Balaban J connectivity index is 1.67. The van der Waals surface area contributed by atoms with Gasteiger partial charge in [0.15, 0.2) is 27.3 Å². The van der Waals surface area contributed by atoms with Crippen LogP contribution in [0.4, 0.5) is 18.9 Å². The molecular weight excluding hydrogens is 481 g/mol. The van der Waals surface area contributed by atoms with E-state index >= 15 is 0 Å². The molecule has 2 aromatic rings. The molecule has 0 aliphatic heterocycles. The monoisotopic (exact) mass is 498 g/mol. The Morgan fingerprint density at radius 1 is 1.21 bits per heavy atom. The van der Waals surface area contributed by atoms with Gasteiger partial charge in [0.25, 0.3) is 5.91 Å². The van der Waals surface area contributed by atoms with Crippen LogP contribution >= 0.6 is 11.6 Å². The average Bonchev–Trinajstić information content (AvgIpc) is 3.35. The molecule has 2 N–H and O–H groups in total. The van der Waals surface area contributed by atoms with Crippen LogP contribution in [0.5, 0.6) is 0 Å². The summed E-state index contributed by atoms with van der Waals surface area (Å²) in [5.41, 5.74) is -1.65. The van der Waals surface area contributed by atoms with Crippen LogP contribution in [0.2, 0.25) is 5.02 Å². The third-order valence-corrected chi connectivity index (χ3v) is 9.47. The molecule has 4 rings (SSSR count). The van der Waals surface area contributed by atoms with E-state index in [9.17, 15) is 36.8 Å². The molecule has 6 nitrogen and oxygen atoms in total. The zero-order chi connectivity index (χ0) is 24.1. The number of hydrogen-bond acceptors (Lipinski definition) is 5. The van der Waals surface area contributed by atoms with E-state index in [1.807, 2.05) is 0 Å². The van der Waals surface area contributed by atoms with Crippen molar-refractivity contribution in [1.82, 2.24) is 0 Å². The van der Waals surface area contributed by atoms with E-state index < -0.39 is 56.4 Å². The molecular formula is C22H18ClF3N2O4S. The summed E-state index contributed by atoms with van der Waals surface area (Å²) in [5.74, 6) is -6.45. The number of amides is 1. The highest BCUT2D eigenvalue weighted by Crippen LogP contribution is 2.59. The van der Waals surface area contributed by atoms with Crippen molar-refractivity contribution < 1.29 is 31.5 Å². The van der Waals surface area contributed by atoms with Gasteiger partial charge in [-0.05, 0) is 49.3 Å². The number of aliphatic hydroxyl groups excluding tert-OH is 1. The van der Waals surface area contributed by atoms with Crippen LogP contribution in [0, 0.1) is 46.0 Å². The summed E-state index contributed by atoms with van der Waals surface area (Å²) in [6.07, 6.45) is 1.33. The fraction of sp³-hybridized carbons (Fsp3) is 0.364. The first-order valence-electron chi connectivity index (χ1n) is 10.1. The van der Waals surface area contributed by atoms with Gasteiger partial charge in [0, 0.05) is 23.4 Å². The number of anilines is 1. The topological polar surface area (TPSA) is 107 Å². The Kier molecular flexibility index (Phi) is 5.93. The Hall–Kier alpha value is -2.61. The number of fused-ring (bicyclic) bond motifs is 2. The number of rotatable bonds is 5. The standard InChI is InChI=1S/C22H18ClF3N2O4S/c23-15-4-2-11(21(30)28-13-6-16(24)19(26)17(25)7-13)5-18(15)33(31,32)20-12-1-3-14(20)22(8-12,9-27)10-29/h2,4-7,12,14,20,29H,1,3,8,10H2,(H,28,30)/t12?,14?,20-,22-/m1/s1. The van der Waals surface area contributed by atoms with Crippen LogP contribution in [-0.2, 0) is 9.84 Å². The second-order valence-corrected chi connectivity index (χ2v) is 10.9. The summed E-state index contributed by atoms with van der Waals surface area (Å²) >= 11 is 6.17. The lowest BCUT2D eigenvalue weighted by Crippen LogP contribution is -2.34. The first-order chi connectivity index (χ1) is 15.5. The number of benzene rings is 2. The van der Waals surface area contributed by atoms with Crippen molar-refractivity contribution in [1.29, 1.82) is 5.26 Å². The number of halogens is 4. The van der Waals surface area contributed by atoms with Gasteiger partial charge in [0.2, 0.25) is 0 Å². The Morgan fingerprint density at radius 2 is 1.88 bits per heavy atom. The summed E-state index contributed by atoms with van der Waals surface area (Å²) in [4.78, 5) is 12.3. The number of carbonyl (C=O) groups excluding carboxylic acids is 1. The number of nitrogens with one attached hydrogen (secondary N) is 1. The van der Waals surface area contributed by atoms with Crippen molar-refractivity contribution in [2.24, 2.45) is 17.3 Å². The van der Waals surface area contributed by atoms with E-state index in [1.165, 1.54) is 12.1 Å². The molecule has 33 heavy (non-hydrogen) atoms. The third-order valence-electron chi connectivity index (χ3n) is 6.65. The van der Waals surface area contributed by atoms with Crippen LogP contribution in [0.1, 0.15) is 29.6 Å². The molecule has 2 aromatic carbocycles. The summed E-state index contributed by atoms with van der Waals surface area (Å²) < 4.78 is 67.1. The molecule has 1 amide bonds. The van der Waals surface area contributed by atoms with Crippen molar-refractivity contribution in [2.45, 2.75) is 29.4 Å². The number of carbonyl (C=O) groups is 1. The van der Waals surface area contributed by atoms with Crippen molar-refractivity contribution in [3.63, 3.8) is 0 Å². The normalized spacial score (nSPS) is 26.2. The molecule has 0 spiro atoms. The van der Waals surface area contributed by atoms with E-state index in [4.69, 9.17) is 11.6 Å². The van der Waals surface area contributed by atoms with Gasteiger partial charge in [-0.15, -0.1) is 0 Å². The highest BCUT2D eigenvalue weighted by Gasteiger charge is 2.62. The van der Waals surface area contributed by atoms with Crippen LogP contribution in [0.3, 0.4) is 0 Å². The number of aliphatic hydroxyl groups is 1. The minimum absolute atomic E-state index is 0.122. The minimum Gasteiger partial charge on any atom is -0.395 e. The first-order valence-corrected chi connectivity index (χ1v) is 12.0. The van der Waals surface area contributed by atoms with Gasteiger partial charge < -0.3 is 10.4 Å². The zero-order valence-corrected chi connectivity index (χ0v) is 18.6. The van der Waals surface area contributed by atoms with Crippen molar-refractivity contribution in [2.75, 3.05) is 11.9 Å². The highest BCUT2D eigenvalue weighted by molar-refractivity contribution is 7.92. The molecule has 0 aromatic heterocycles. The maximum absolute atomic E-state index is 13.5. The molecule has 2 bridgehead atoms. The van der Waals surface area contributed by atoms with E-state index in [1.54, 1.807) is 0 Å². The second kappa shape index (κ2) is 8.31. The van der Waals surface area contributed by atoms with Gasteiger partial charge in [-0.25, -0.2) is 21.6 Å². The third kappa shape index (κ3) is 3.78. The van der Waals surface area contributed by atoms with E-state index in [0.717, 1.165) is 6.07 Å². The molecule has 174 valence electrons. The first kappa shape index (κ1) is 23.5. The van der Waals surface area contributed by atoms with E-state index in [2.05, 4.69) is 11.4 Å². The lowest BCUT2D eigenvalue weighted by Gasteiger charge is -2.29. The molecule has 0 saturated heterocycles. The summed E-state index contributed by atoms with van der Waals surface area (Å²) in [6.45, 7) is -0.447. The largest absolute Gasteiger partial charge is 0.395 e. The van der Waals surface area contributed by atoms with Crippen LogP contribution < -0.4 is 5.32 Å². The Labute approximate surface area is 192 Å². The quantitative estimate of drug-likeness (QED) is 0.604. The van der Waals surface area contributed by atoms with Gasteiger partial charge in [-0.2, -0.15) is 5.26 Å². The molecule has 4 atom stereocenters. The molecule has 2 unspecified atom stereocenters. The van der Waals surface area contributed by atoms with Gasteiger partial charge in [-0.3, -0.25) is 4.79 Å². The predicted molar refractivity (Wildman–Crippen MR) is 113 cm³/mol. The SMILES string of the molecule is N#C[C@@]1(CO)CC2CCC1[C@@H]2S(=O)(=O)c1cc(C(=O)Nc2cc(F)c(F)c(F)c2)ccc1Cl. The predicted octanol–water partition coefficient (Wildman–Crippen LogP) is 4.08. The van der Waals surface area contributed by atoms with Crippen LogP contribution in [0.25, 0.3) is 0 Å². The molecule has 0 heterocycles. The summed E-state index contributed by atoms with van der Waals surface area (Å²) in [5, 5.41) is 20.5. The van der Waals surface area contributed by atoms with Crippen molar-refractivity contribution in [3.05, 3.63) is 58.4 Å². The van der Waals surface area contributed by atoms with Gasteiger partial charge in [0.1, 0.15) is 0 Å². The summed E-state index contributed by atoms with van der Waals surface area (Å²) in [7, 11) is -4.09. The van der Waals surface area contributed by atoms with Gasteiger partial charge in [-0.1, -0.05) is 11.6 Å². The van der Waals surface area contributed by atoms with Gasteiger partial charge in [0.05, 0.1) is 33.3 Å². The van der Waals surface area contributed by atoms with Crippen LogP contribution in [0.15, 0.2) is 35.2 Å². The van der Waals surface area contributed by atoms with Crippen LogP contribution in [-0.4, -0.2) is 31.3 Å². The molecule has 2 fully saturated rings. The molecule has 2 aliphatic rings. The van der Waals surface area contributed by atoms with E-state index in [0.29, 0.717) is 25.0 Å². The van der Waals surface area contributed by atoms with Gasteiger partial charge >= 0.3 is 0 Å². The summed E-state index contributed by atoms with van der Waals surface area (Å²) in [6, 6.07) is 6.81. The minimum atomic E-state index is -4.09. The smallest absolute Gasteiger partial charge is 0.255 e. The average molecular weight is 499 g/mol. The molecule has 2 aliphatic carbocycles. The zero-order valence-electron chi connectivity index (χ0n) is 17.0. The fourth-order valence-corrected chi connectivity index (χ4v) is 8.07. The maximum Gasteiger partial charge on any atom is 0.255 e. The fourth-order valence-electron chi connectivity index (χ4n) is 5.13. The number of sulfone groups is 1. The lowest BCUT2D eigenvalue weighted by molar-refractivity contribution is 0.102. The lowest BCUT2D eigenvalue weighted by atomic mass is 9.75. The number of hydrogen-bond donors (Lipinski definition) is 2. The molecule has 0 radical (unpaired) electrons. The molecule has 2 saturated carbocycles. The highest BCUT2D eigenvalue weighted by atomic mass is 35.5. The Bertz CT molecular complexity index is 1270. The second-order valence-electron chi connectivity index (χ2n) is 8.44. The van der Waals surface area contributed by atoms with Crippen molar-refractivity contribution in [3.8, 4) is 6.07 Å². The van der Waals surface area contributed by atoms with Crippen molar-refractivity contribution >= 4 is 33.0 Å². The molecule has 11 heteroatoms. The maximum atomic E-state index is 13.5. The number of nitrogens with zero attached hydrogens (tertiary/aromatic N) is 1.